The Bertz CT molecular complexity index is 963. The number of carbonyl (C=O) groups is 2. The molecule has 3 aromatic rings. The zero-order valence-corrected chi connectivity index (χ0v) is 14.6. The highest BCUT2D eigenvalue weighted by Gasteiger charge is 2.22. The molecule has 0 fully saturated rings. The van der Waals surface area contributed by atoms with Gasteiger partial charge in [0.05, 0.1) is 12.7 Å². The van der Waals surface area contributed by atoms with E-state index in [2.05, 4.69) is 10.5 Å². The topological polar surface area (TPSA) is 90.7 Å². The zero-order valence-electron chi connectivity index (χ0n) is 14.6. The first-order valence-electron chi connectivity index (χ1n) is 8.00. The van der Waals surface area contributed by atoms with Crippen molar-refractivity contribution in [3.8, 4) is 5.75 Å². The molecule has 1 atom stereocenters. The number of aromatic nitrogens is 1. The highest BCUT2D eigenvalue weighted by atomic mass is 16.5. The second kappa shape index (κ2) is 7.26. The second-order valence-corrected chi connectivity index (χ2v) is 5.72. The van der Waals surface area contributed by atoms with Crippen LogP contribution in [-0.2, 0) is 9.53 Å². The van der Waals surface area contributed by atoms with Crippen LogP contribution in [0.1, 0.15) is 23.0 Å². The molecule has 0 unspecified atom stereocenters. The number of benzene rings is 2. The average molecular weight is 354 g/mol. The lowest BCUT2D eigenvalue weighted by Gasteiger charge is -2.14. The summed E-state index contributed by atoms with van der Waals surface area (Å²) < 4.78 is 15.5. The van der Waals surface area contributed by atoms with Crippen molar-refractivity contribution < 1.29 is 23.6 Å². The SMILES string of the molecule is COc1ccc(C(=O)O[C@H](C)C(=O)Nc2cc(C)on2)c2ccccc12. The minimum absolute atomic E-state index is 0.269. The van der Waals surface area contributed by atoms with Crippen LogP contribution in [0.4, 0.5) is 5.82 Å². The predicted molar refractivity (Wildman–Crippen MR) is 95.2 cm³/mol. The standard InChI is InChI=1S/C19H18N2O5/c1-11-10-17(21-26-11)20-18(22)12(2)25-19(23)15-8-9-16(24-3)14-7-5-4-6-13(14)15/h4-10,12H,1-3H3,(H,20,21,22)/t12-/m1/s1. The third kappa shape index (κ3) is 3.51. The number of nitrogens with one attached hydrogen (secondary N) is 1. The molecule has 0 saturated heterocycles. The molecule has 1 aromatic heterocycles. The smallest absolute Gasteiger partial charge is 0.339 e. The van der Waals surface area contributed by atoms with Gasteiger partial charge in [0.1, 0.15) is 11.5 Å². The summed E-state index contributed by atoms with van der Waals surface area (Å²) in [5.41, 5.74) is 0.360. The van der Waals surface area contributed by atoms with Crippen LogP contribution >= 0.6 is 0 Å². The average Bonchev–Trinajstić information content (AvgIpc) is 3.05. The Morgan fingerprint density at radius 1 is 1.15 bits per heavy atom. The first-order chi connectivity index (χ1) is 12.5. The maximum atomic E-state index is 12.6. The van der Waals surface area contributed by atoms with Gasteiger partial charge in [0.15, 0.2) is 11.9 Å². The van der Waals surface area contributed by atoms with Crippen molar-refractivity contribution in [3.05, 3.63) is 53.8 Å². The fraction of sp³-hybridized carbons (Fsp3) is 0.211. The maximum Gasteiger partial charge on any atom is 0.339 e. The summed E-state index contributed by atoms with van der Waals surface area (Å²) in [6.07, 6.45) is -1.000. The number of rotatable bonds is 5. The summed E-state index contributed by atoms with van der Waals surface area (Å²) >= 11 is 0. The molecule has 1 amide bonds. The number of ether oxygens (including phenoxy) is 2. The number of hydrogen-bond donors (Lipinski definition) is 1. The van der Waals surface area contributed by atoms with Crippen molar-refractivity contribution in [1.29, 1.82) is 0 Å². The number of methoxy groups -OCH3 is 1. The molecule has 7 nitrogen and oxygen atoms in total. The van der Waals surface area contributed by atoms with E-state index < -0.39 is 18.0 Å². The molecule has 3 rings (SSSR count). The molecule has 0 radical (unpaired) electrons. The fourth-order valence-electron chi connectivity index (χ4n) is 2.56. The first kappa shape index (κ1) is 17.5. The zero-order chi connectivity index (χ0) is 18.7. The lowest BCUT2D eigenvalue weighted by atomic mass is 10.0. The van der Waals surface area contributed by atoms with Crippen LogP contribution < -0.4 is 10.1 Å². The van der Waals surface area contributed by atoms with Crippen molar-refractivity contribution >= 4 is 28.5 Å². The van der Waals surface area contributed by atoms with E-state index in [-0.39, 0.29) is 5.82 Å². The number of fused-ring (bicyclic) bond motifs is 1. The van der Waals surface area contributed by atoms with Gasteiger partial charge in [-0.25, -0.2) is 4.79 Å². The number of nitrogens with zero attached hydrogens (tertiary/aromatic N) is 1. The Balaban J connectivity index is 1.77. The Hall–Kier alpha value is -3.35. The van der Waals surface area contributed by atoms with Gasteiger partial charge < -0.3 is 19.3 Å². The van der Waals surface area contributed by atoms with E-state index in [1.165, 1.54) is 6.92 Å². The minimum Gasteiger partial charge on any atom is -0.496 e. The Labute approximate surface area is 149 Å². The number of aryl methyl sites for hydroxylation is 1. The molecule has 0 spiro atoms. The maximum absolute atomic E-state index is 12.6. The van der Waals surface area contributed by atoms with Crippen LogP contribution in [0.25, 0.3) is 10.8 Å². The highest BCUT2D eigenvalue weighted by Crippen LogP contribution is 2.28. The largest absolute Gasteiger partial charge is 0.496 e. The van der Waals surface area contributed by atoms with Crippen molar-refractivity contribution in [1.82, 2.24) is 5.16 Å². The molecule has 1 heterocycles. The summed E-state index contributed by atoms with van der Waals surface area (Å²) in [7, 11) is 1.57. The third-order valence-electron chi connectivity index (χ3n) is 3.86. The van der Waals surface area contributed by atoms with Crippen LogP contribution in [0.5, 0.6) is 5.75 Å². The Morgan fingerprint density at radius 2 is 1.88 bits per heavy atom. The molecule has 0 aliphatic carbocycles. The molecule has 1 N–H and O–H groups in total. The molecule has 2 aromatic carbocycles. The molecular weight excluding hydrogens is 336 g/mol. The molecule has 0 aliphatic heterocycles. The predicted octanol–water partition coefficient (Wildman–Crippen LogP) is 3.33. The number of esters is 1. The Morgan fingerprint density at radius 3 is 2.54 bits per heavy atom. The summed E-state index contributed by atoms with van der Waals surface area (Å²) in [5, 5.41) is 7.69. The summed E-state index contributed by atoms with van der Waals surface area (Å²) in [6, 6.07) is 12.2. The van der Waals surface area contributed by atoms with Gasteiger partial charge in [-0.15, -0.1) is 0 Å². The summed E-state index contributed by atoms with van der Waals surface area (Å²) in [6.45, 7) is 3.20. The van der Waals surface area contributed by atoms with Gasteiger partial charge >= 0.3 is 5.97 Å². The van der Waals surface area contributed by atoms with E-state index in [4.69, 9.17) is 14.0 Å². The van der Waals surface area contributed by atoms with Gasteiger partial charge in [-0.05, 0) is 31.4 Å². The van der Waals surface area contributed by atoms with Gasteiger partial charge in [-0.2, -0.15) is 0 Å². The van der Waals surface area contributed by atoms with Gasteiger partial charge in [-0.3, -0.25) is 4.79 Å². The van der Waals surface area contributed by atoms with Gasteiger partial charge in [0.25, 0.3) is 5.91 Å². The van der Waals surface area contributed by atoms with Crippen LogP contribution in [0, 0.1) is 6.92 Å². The van der Waals surface area contributed by atoms with Gasteiger partial charge in [-0.1, -0.05) is 29.4 Å². The molecule has 0 saturated carbocycles. The summed E-state index contributed by atoms with van der Waals surface area (Å²) in [5.74, 6) is 0.400. The number of carbonyl (C=O) groups excluding carboxylic acids is 2. The lowest BCUT2D eigenvalue weighted by Crippen LogP contribution is -2.30. The fourth-order valence-corrected chi connectivity index (χ4v) is 2.56. The minimum atomic E-state index is -1.000. The van der Waals surface area contributed by atoms with E-state index in [0.29, 0.717) is 22.5 Å². The molecule has 134 valence electrons. The van der Waals surface area contributed by atoms with E-state index in [0.717, 1.165) is 5.39 Å². The number of amides is 1. The third-order valence-corrected chi connectivity index (χ3v) is 3.86. The van der Waals surface area contributed by atoms with E-state index in [9.17, 15) is 9.59 Å². The van der Waals surface area contributed by atoms with E-state index in [1.807, 2.05) is 18.2 Å². The van der Waals surface area contributed by atoms with Crippen LogP contribution in [-0.4, -0.2) is 30.2 Å². The van der Waals surface area contributed by atoms with Crippen molar-refractivity contribution in [2.45, 2.75) is 20.0 Å². The van der Waals surface area contributed by atoms with Crippen molar-refractivity contribution in [2.75, 3.05) is 12.4 Å². The van der Waals surface area contributed by atoms with Crippen LogP contribution in [0.15, 0.2) is 47.0 Å². The van der Waals surface area contributed by atoms with Crippen LogP contribution in [0.2, 0.25) is 0 Å². The van der Waals surface area contributed by atoms with Crippen molar-refractivity contribution in [3.63, 3.8) is 0 Å². The Kier molecular flexibility index (Phi) is 4.88. The first-order valence-corrected chi connectivity index (χ1v) is 8.00. The number of anilines is 1. The monoisotopic (exact) mass is 354 g/mol. The highest BCUT2D eigenvalue weighted by molar-refractivity contribution is 6.07. The molecule has 7 heteroatoms. The van der Waals surface area contributed by atoms with Crippen LogP contribution in [0.3, 0.4) is 0 Å². The molecular formula is C19H18N2O5. The van der Waals surface area contributed by atoms with Crippen molar-refractivity contribution in [2.24, 2.45) is 0 Å². The van der Waals surface area contributed by atoms with E-state index >= 15 is 0 Å². The second-order valence-electron chi connectivity index (χ2n) is 5.72. The summed E-state index contributed by atoms with van der Waals surface area (Å²) in [4.78, 5) is 24.7. The van der Waals surface area contributed by atoms with Gasteiger partial charge in [0.2, 0.25) is 0 Å². The lowest BCUT2D eigenvalue weighted by molar-refractivity contribution is -0.123. The molecule has 26 heavy (non-hydrogen) atoms. The van der Waals surface area contributed by atoms with E-state index in [1.54, 1.807) is 38.3 Å². The number of hydrogen-bond acceptors (Lipinski definition) is 6. The molecule has 0 aliphatic rings. The quantitative estimate of drug-likeness (QED) is 0.707. The normalized spacial score (nSPS) is 11.8. The molecule has 0 bridgehead atoms. The van der Waals surface area contributed by atoms with Gasteiger partial charge in [0, 0.05) is 11.5 Å².